The summed E-state index contributed by atoms with van der Waals surface area (Å²) in [5.74, 6) is 0.646. The second-order valence-corrected chi connectivity index (χ2v) is 14.9. The third-order valence-electron chi connectivity index (χ3n) is 4.82. The average Bonchev–Trinajstić information content (AvgIpc) is 2.57. The van der Waals surface area contributed by atoms with E-state index in [0.29, 0.717) is 5.92 Å². The van der Waals surface area contributed by atoms with Gasteiger partial charge in [-0.3, -0.25) is 0 Å². The first-order valence-electron chi connectivity index (χ1n) is 7.43. The Kier molecular flexibility index (Phi) is 4.42. The zero-order chi connectivity index (χ0) is 15.1. The third kappa shape index (κ3) is 2.71. The summed E-state index contributed by atoms with van der Waals surface area (Å²) in [4.78, 5) is 0. The maximum atomic E-state index is 2.53. The predicted octanol–water partition coefficient (Wildman–Crippen LogP) is 5.61. The van der Waals surface area contributed by atoms with Crippen molar-refractivity contribution in [1.29, 1.82) is 0 Å². The molecule has 0 aromatic heterocycles. The molecule has 1 aromatic carbocycles. The third-order valence-corrected chi connectivity index (χ3v) is 11.4. The SMILES string of the molecule is CC1=C(C)C(C)C([Si](C)(C)[P-]c2ccccc2C)=C1C. The van der Waals surface area contributed by atoms with Crippen LogP contribution in [0.1, 0.15) is 33.3 Å². The van der Waals surface area contributed by atoms with Crippen molar-refractivity contribution in [3.8, 4) is 0 Å². The summed E-state index contributed by atoms with van der Waals surface area (Å²) in [6.45, 7) is 16.6. The van der Waals surface area contributed by atoms with E-state index in [-0.39, 0.29) is 0 Å². The molecule has 1 aliphatic rings. The maximum absolute atomic E-state index is 2.53. The zero-order valence-corrected chi connectivity index (χ0v) is 15.7. The van der Waals surface area contributed by atoms with Crippen LogP contribution in [0.2, 0.25) is 13.1 Å². The Morgan fingerprint density at radius 1 is 0.950 bits per heavy atom. The molecule has 0 spiro atoms. The second kappa shape index (κ2) is 5.62. The fourth-order valence-electron chi connectivity index (χ4n) is 3.40. The highest BCUT2D eigenvalue weighted by Crippen LogP contribution is 2.46. The fourth-order valence-corrected chi connectivity index (χ4v) is 10.9. The van der Waals surface area contributed by atoms with Crippen molar-refractivity contribution >= 4 is 21.2 Å². The van der Waals surface area contributed by atoms with Gasteiger partial charge in [-0.15, -0.1) is 0 Å². The highest BCUT2D eigenvalue weighted by Gasteiger charge is 2.29. The van der Waals surface area contributed by atoms with Crippen LogP contribution in [0.25, 0.3) is 0 Å². The lowest BCUT2D eigenvalue weighted by Gasteiger charge is -2.43. The quantitative estimate of drug-likeness (QED) is 0.502. The molecule has 0 fully saturated rings. The van der Waals surface area contributed by atoms with Crippen LogP contribution in [-0.2, 0) is 0 Å². The Morgan fingerprint density at radius 3 is 2.05 bits per heavy atom. The number of benzene rings is 1. The van der Waals surface area contributed by atoms with Crippen molar-refractivity contribution in [1.82, 2.24) is 0 Å². The van der Waals surface area contributed by atoms with E-state index in [4.69, 9.17) is 0 Å². The smallest absolute Gasteiger partial charge is 0.00722 e. The highest BCUT2D eigenvalue weighted by molar-refractivity contribution is 7.88. The van der Waals surface area contributed by atoms with Crippen LogP contribution in [-0.4, -0.2) is 7.74 Å². The summed E-state index contributed by atoms with van der Waals surface area (Å²) in [6.07, 6.45) is 0. The van der Waals surface area contributed by atoms with Gasteiger partial charge in [0.25, 0.3) is 0 Å². The lowest BCUT2D eigenvalue weighted by Crippen LogP contribution is -2.30. The molecule has 2 rings (SSSR count). The van der Waals surface area contributed by atoms with Gasteiger partial charge in [-0.2, -0.15) is 0 Å². The minimum absolute atomic E-state index is 0.646. The van der Waals surface area contributed by atoms with Gasteiger partial charge < -0.3 is 8.13 Å². The van der Waals surface area contributed by atoms with Gasteiger partial charge in [-0.1, -0.05) is 73.9 Å². The molecule has 0 saturated carbocycles. The van der Waals surface area contributed by atoms with Crippen molar-refractivity contribution in [2.24, 2.45) is 5.92 Å². The van der Waals surface area contributed by atoms with Crippen LogP contribution in [0.4, 0.5) is 0 Å². The predicted molar refractivity (Wildman–Crippen MR) is 95.5 cm³/mol. The van der Waals surface area contributed by atoms with Crippen LogP contribution in [0.5, 0.6) is 0 Å². The molecular formula is C18H26PSi-. The number of rotatable bonds is 3. The molecular weight excluding hydrogens is 275 g/mol. The molecule has 0 radical (unpaired) electrons. The number of aryl methyl sites for hydroxylation is 1. The van der Waals surface area contributed by atoms with E-state index in [2.05, 4.69) is 72.0 Å². The summed E-state index contributed by atoms with van der Waals surface area (Å²) in [6, 6.07) is 8.85. The zero-order valence-electron chi connectivity index (χ0n) is 13.8. The second-order valence-electron chi connectivity index (χ2n) is 6.53. The Bertz CT molecular complexity index is 593. The number of hydrogen-bond donors (Lipinski definition) is 0. The molecule has 0 aliphatic heterocycles. The van der Waals surface area contributed by atoms with Gasteiger partial charge in [0, 0.05) is 0 Å². The molecule has 1 unspecified atom stereocenters. The van der Waals surface area contributed by atoms with E-state index in [1.165, 1.54) is 16.4 Å². The molecule has 0 saturated heterocycles. The van der Waals surface area contributed by atoms with E-state index in [1.54, 1.807) is 24.5 Å². The molecule has 2 heteroatoms. The van der Waals surface area contributed by atoms with Crippen molar-refractivity contribution in [3.05, 3.63) is 51.7 Å². The van der Waals surface area contributed by atoms with Gasteiger partial charge in [0.1, 0.15) is 0 Å². The lowest BCUT2D eigenvalue weighted by atomic mass is 10.1. The fraction of sp³-hybridized carbons (Fsp3) is 0.444. The first kappa shape index (κ1) is 15.7. The molecule has 0 nitrogen and oxygen atoms in total. The molecule has 1 atom stereocenters. The first-order valence-corrected chi connectivity index (χ1v) is 12.2. The lowest BCUT2D eigenvalue weighted by molar-refractivity contribution is 0.851. The van der Waals surface area contributed by atoms with Gasteiger partial charge in [0.15, 0.2) is 0 Å². The van der Waals surface area contributed by atoms with E-state index >= 15 is 0 Å². The summed E-state index contributed by atoms with van der Waals surface area (Å²) < 4.78 is 0. The number of allylic oxidation sites excluding steroid dienone is 4. The molecule has 0 heterocycles. The monoisotopic (exact) mass is 301 g/mol. The Labute approximate surface area is 127 Å². The molecule has 0 N–H and O–H groups in total. The highest BCUT2D eigenvalue weighted by atomic mass is 31.3. The minimum Gasteiger partial charge on any atom is -0.502 e. The van der Waals surface area contributed by atoms with Crippen molar-refractivity contribution in [3.63, 3.8) is 0 Å². The van der Waals surface area contributed by atoms with Gasteiger partial charge in [-0.05, 0) is 39.2 Å². The van der Waals surface area contributed by atoms with Gasteiger partial charge in [-0.25, -0.2) is 5.30 Å². The van der Waals surface area contributed by atoms with Gasteiger partial charge >= 0.3 is 0 Å². The van der Waals surface area contributed by atoms with E-state index in [9.17, 15) is 0 Å². The van der Waals surface area contributed by atoms with Crippen molar-refractivity contribution in [2.75, 3.05) is 0 Å². The minimum atomic E-state index is -1.44. The summed E-state index contributed by atoms with van der Waals surface area (Å²) in [7, 11) is 0.111. The summed E-state index contributed by atoms with van der Waals surface area (Å²) >= 11 is 0. The van der Waals surface area contributed by atoms with Crippen molar-refractivity contribution < 1.29 is 0 Å². The molecule has 1 aromatic rings. The Hall–Kier alpha value is -0.653. The molecule has 0 bridgehead atoms. The van der Waals surface area contributed by atoms with Gasteiger partial charge in [0.2, 0.25) is 0 Å². The van der Waals surface area contributed by atoms with Crippen LogP contribution in [0.15, 0.2) is 46.2 Å². The topological polar surface area (TPSA) is 0 Å². The van der Waals surface area contributed by atoms with Crippen LogP contribution in [0, 0.1) is 12.8 Å². The molecule has 108 valence electrons. The van der Waals surface area contributed by atoms with Crippen LogP contribution in [0.3, 0.4) is 0 Å². The van der Waals surface area contributed by atoms with Crippen LogP contribution >= 0.6 is 8.13 Å². The standard InChI is InChI=1S/C18H26PSi/c1-12-10-8-9-11-17(12)19-20(6,7)18-15(4)13(2)14(3)16(18)5/h8-11,15H,1-7H3/q-1. The summed E-state index contributed by atoms with van der Waals surface area (Å²) in [5, 5.41) is 3.27. The first-order chi connectivity index (χ1) is 9.25. The Balaban J connectivity index is 2.36. The number of hydrogen-bond acceptors (Lipinski definition) is 0. The molecule has 1 aliphatic carbocycles. The molecule has 20 heavy (non-hydrogen) atoms. The van der Waals surface area contributed by atoms with Crippen LogP contribution < -0.4 is 5.30 Å². The average molecular weight is 301 g/mol. The van der Waals surface area contributed by atoms with Gasteiger partial charge in [0.05, 0.1) is 0 Å². The molecule has 0 amide bonds. The van der Waals surface area contributed by atoms with E-state index in [1.807, 2.05) is 0 Å². The summed E-state index contributed by atoms with van der Waals surface area (Å²) in [5.41, 5.74) is 6.12. The normalized spacial score (nSPS) is 20.6. The Morgan fingerprint density at radius 2 is 1.55 bits per heavy atom. The van der Waals surface area contributed by atoms with E-state index < -0.39 is 7.74 Å². The maximum Gasteiger partial charge on any atom is -0.00722 e. The van der Waals surface area contributed by atoms with E-state index in [0.717, 1.165) is 0 Å². The van der Waals surface area contributed by atoms with Crippen molar-refractivity contribution in [2.45, 2.75) is 47.7 Å². The largest absolute Gasteiger partial charge is 0.502 e.